The summed E-state index contributed by atoms with van der Waals surface area (Å²) in [6.07, 6.45) is 0.673. The third-order valence-corrected chi connectivity index (χ3v) is 4.71. The van der Waals surface area contributed by atoms with Crippen molar-refractivity contribution in [3.05, 3.63) is 18.2 Å². The fourth-order valence-corrected chi connectivity index (χ4v) is 3.38. The number of hydrogen-bond acceptors (Lipinski definition) is 5. The largest absolute Gasteiger partial charge is 0.493 e. The van der Waals surface area contributed by atoms with E-state index in [0.29, 0.717) is 24.5 Å². The Morgan fingerprint density at radius 2 is 1.80 bits per heavy atom. The van der Waals surface area contributed by atoms with Gasteiger partial charge in [0, 0.05) is 19.2 Å². The first kappa shape index (κ1) is 16.7. The number of rotatable bonds is 8. The van der Waals surface area contributed by atoms with Gasteiger partial charge in [-0.1, -0.05) is 6.92 Å². The van der Waals surface area contributed by atoms with Crippen molar-refractivity contribution in [2.24, 2.45) is 0 Å². The van der Waals surface area contributed by atoms with Crippen molar-refractivity contribution in [2.75, 3.05) is 33.9 Å². The molecule has 0 aliphatic heterocycles. The second-order valence-corrected chi connectivity index (χ2v) is 6.08. The third-order valence-electron chi connectivity index (χ3n) is 2.82. The molecule has 1 rings (SSSR count). The van der Waals surface area contributed by atoms with E-state index in [-0.39, 0.29) is 18.0 Å². The lowest BCUT2D eigenvalue weighted by atomic mass is 10.3. The van der Waals surface area contributed by atoms with Crippen molar-refractivity contribution in [2.45, 2.75) is 18.2 Å². The van der Waals surface area contributed by atoms with Crippen molar-refractivity contribution >= 4 is 10.0 Å². The summed E-state index contributed by atoms with van der Waals surface area (Å²) < 4.78 is 36.5. The number of methoxy groups -OCH3 is 2. The number of sulfonamides is 1. The lowest BCUT2D eigenvalue weighted by Crippen LogP contribution is -2.34. The summed E-state index contributed by atoms with van der Waals surface area (Å²) in [4.78, 5) is 0.122. The van der Waals surface area contributed by atoms with E-state index in [4.69, 9.17) is 14.6 Å². The molecule has 0 saturated carbocycles. The lowest BCUT2D eigenvalue weighted by molar-refractivity contribution is 0.253. The van der Waals surface area contributed by atoms with Gasteiger partial charge in [0.2, 0.25) is 10.0 Å². The Labute approximate surface area is 120 Å². The molecule has 0 spiro atoms. The summed E-state index contributed by atoms with van der Waals surface area (Å²) in [6, 6.07) is 4.44. The van der Waals surface area contributed by atoms with Gasteiger partial charge in [0.25, 0.3) is 0 Å². The molecule has 0 atom stereocenters. The van der Waals surface area contributed by atoms with Crippen LogP contribution in [0.15, 0.2) is 23.1 Å². The average Bonchev–Trinajstić information content (AvgIpc) is 2.46. The van der Waals surface area contributed by atoms with Gasteiger partial charge in [-0.2, -0.15) is 4.31 Å². The first-order valence-corrected chi connectivity index (χ1v) is 7.78. The van der Waals surface area contributed by atoms with Crippen molar-refractivity contribution in [3.8, 4) is 11.5 Å². The van der Waals surface area contributed by atoms with E-state index in [2.05, 4.69) is 0 Å². The molecule has 1 aromatic carbocycles. The van der Waals surface area contributed by atoms with Gasteiger partial charge in [0.05, 0.1) is 25.7 Å². The molecule has 114 valence electrons. The second kappa shape index (κ2) is 7.47. The Morgan fingerprint density at radius 1 is 1.15 bits per heavy atom. The lowest BCUT2D eigenvalue weighted by Gasteiger charge is -2.21. The molecule has 0 amide bonds. The minimum absolute atomic E-state index is 0.0739. The zero-order chi connectivity index (χ0) is 15.2. The summed E-state index contributed by atoms with van der Waals surface area (Å²) in [5.41, 5.74) is 0. The Hall–Kier alpha value is -1.31. The SMILES string of the molecule is CCCN(CCO)S(=O)(=O)c1ccc(OC)c(OC)c1. The highest BCUT2D eigenvalue weighted by atomic mass is 32.2. The number of aliphatic hydroxyl groups excluding tert-OH is 1. The molecule has 20 heavy (non-hydrogen) atoms. The van der Waals surface area contributed by atoms with Crippen LogP contribution in [-0.4, -0.2) is 51.7 Å². The minimum atomic E-state index is -3.65. The number of benzene rings is 1. The standard InChI is InChI=1S/C13H21NO5S/c1-4-7-14(8-9-15)20(16,17)11-5-6-12(18-2)13(10-11)19-3/h5-6,10,15H,4,7-9H2,1-3H3. The van der Waals surface area contributed by atoms with Gasteiger partial charge in [-0.05, 0) is 18.6 Å². The quantitative estimate of drug-likeness (QED) is 0.778. The van der Waals surface area contributed by atoms with E-state index in [0.717, 1.165) is 0 Å². The monoisotopic (exact) mass is 303 g/mol. The van der Waals surface area contributed by atoms with Gasteiger partial charge < -0.3 is 14.6 Å². The van der Waals surface area contributed by atoms with Crippen LogP contribution in [0.5, 0.6) is 11.5 Å². The van der Waals surface area contributed by atoms with Crippen LogP contribution in [0.1, 0.15) is 13.3 Å². The van der Waals surface area contributed by atoms with Crippen LogP contribution < -0.4 is 9.47 Å². The molecule has 1 N–H and O–H groups in total. The molecular weight excluding hydrogens is 282 g/mol. The number of aliphatic hydroxyl groups is 1. The van der Waals surface area contributed by atoms with Crippen molar-refractivity contribution < 1.29 is 23.0 Å². The van der Waals surface area contributed by atoms with E-state index in [1.54, 1.807) is 6.07 Å². The molecule has 0 heterocycles. The van der Waals surface area contributed by atoms with Gasteiger partial charge in [-0.3, -0.25) is 0 Å². The predicted molar refractivity (Wildman–Crippen MR) is 75.7 cm³/mol. The molecule has 0 fully saturated rings. The molecule has 0 saturated heterocycles. The van der Waals surface area contributed by atoms with Crippen LogP contribution in [0.3, 0.4) is 0 Å². The fourth-order valence-electron chi connectivity index (χ4n) is 1.84. The Morgan fingerprint density at radius 3 is 2.30 bits per heavy atom. The molecule has 6 nitrogen and oxygen atoms in total. The third kappa shape index (κ3) is 3.62. The van der Waals surface area contributed by atoms with Crippen molar-refractivity contribution in [3.63, 3.8) is 0 Å². The van der Waals surface area contributed by atoms with E-state index < -0.39 is 10.0 Å². The van der Waals surface area contributed by atoms with Crippen molar-refractivity contribution in [1.82, 2.24) is 4.31 Å². The first-order valence-electron chi connectivity index (χ1n) is 6.34. The first-order chi connectivity index (χ1) is 9.51. The molecule has 0 aliphatic carbocycles. The normalized spacial score (nSPS) is 11.7. The molecule has 1 aromatic rings. The maximum Gasteiger partial charge on any atom is 0.243 e. The molecule has 0 bridgehead atoms. The van der Waals surface area contributed by atoms with E-state index in [1.165, 1.54) is 30.7 Å². The van der Waals surface area contributed by atoms with Gasteiger partial charge in [0.15, 0.2) is 11.5 Å². The fraction of sp³-hybridized carbons (Fsp3) is 0.538. The smallest absolute Gasteiger partial charge is 0.243 e. The number of nitrogens with zero attached hydrogens (tertiary/aromatic N) is 1. The zero-order valence-corrected chi connectivity index (χ0v) is 12.8. The van der Waals surface area contributed by atoms with E-state index in [1.807, 2.05) is 6.92 Å². The van der Waals surface area contributed by atoms with Crippen LogP contribution >= 0.6 is 0 Å². The summed E-state index contributed by atoms with van der Waals surface area (Å²) in [5, 5.41) is 9.01. The van der Waals surface area contributed by atoms with Gasteiger partial charge in [0.1, 0.15) is 0 Å². The highest BCUT2D eigenvalue weighted by Crippen LogP contribution is 2.30. The molecule has 0 unspecified atom stereocenters. The second-order valence-electron chi connectivity index (χ2n) is 4.14. The maximum atomic E-state index is 12.5. The molecule has 0 aliphatic rings. The number of ether oxygens (including phenoxy) is 2. The Bertz CT molecular complexity index is 524. The van der Waals surface area contributed by atoms with Crippen molar-refractivity contribution in [1.29, 1.82) is 0 Å². The summed E-state index contributed by atoms with van der Waals surface area (Å²) in [7, 11) is -0.708. The van der Waals surface area contributed by atoms with E-state index in [9.17, 15) is 8.42 Å². The van der Waals surface area contributed by atoms with E-state index >= 15 is 0 Å². The van der Waals surface area contributed by atoms with Gasteiger partial charge >= 0.3 is 0 Å². The summed E-state index contributed by atoms with van der Waals surface area (Å²) in [5.74, 6) is 0.824. The van der Waals surface area contributed by atoms with Crippen LogP contribution in [-0.2, 0) is 10.0 Å². The molecule has 7 heteroatoms. The van der Waals surface area contributed by atoms with Crippen LogP contribution in [0.25, 0.3) is 0 Å². The highest BCUT2D eigenvalue weighted by Gasteiger charge is 2.24. The summed E-state index contributed by atoms with van der Waals surface area (Å²) in [6.45, 7) is 2.10. The average molecular weight is 303 g/mol. The van der Waals surface area contributed by atoms with Crippen LogP contribution in [0, 0.1) is 0 Å². The molecule has 0 aromatic heterocycles. The number of hydrogen-bond donors (Lipinski definition) is 1. The van der Waals surface area contributed by atoms with Gasteiger partial charge in [-0.25, -0.2) is 8.42 Å². The zero-order valence-electron chi connectivity index (χ0n) is 12.0. The molecule has 0 radical (unpaired) electrons. The topological polar surface area (TPSA) is 76.1 Å². The Kier molecular flexibility index (Phi) is 6.25. The predicted octanol–water partition coefficient (Wildman–Crippen LogP) is 1.10. The van der Waals surface area contributed by atoms with Crippen LogP contribution in [0.4, 0.5) is 0 Å². The maximum absolute atomic E-state index is 12.5. The highest BCUT2D eigenvalue weighted by molar-refractivity contribution is 7.89. The van der Waals surface area contributed by atoms with Crippen LogP contribution in [0.2, 0.25) is 0 Å². The Balaban J connectivity index is 3.19. The van der Waals surface area contributed by atoms with Gasteiger partial charge in [-0.15, -0.1) is 0 Å². The summed E-state index contributed by atoms with van der Waals surface area (Å²) >= 11 is 0. The minimum Gasteiger partial charge on any atom is -0.493 e. The molecular formula is C13H21NO5S.